The van der Waals surface area contributed by atoms with Crippen molar-refractivity contribution < 1.29 is 14.0 Å². The number of nitrogens with zero attached hydrogens (tertiary/aromatic N) is 2. The Morgan fingerprint density at radius 3 is 2.19 bits per heavy atom. The summed E-state index contributed by atoms with van der Waals surface area (Å²) >= 11 is 0. The number of para-hydroxylation sites is 1. The summed E-state index contributed by atoms with van der Waals surface area (Å²) < 4.78 is 14.0. The zero-order valence-corrected chi connectivity index (χ0v) is 15.5. The van der Waals surface area contributed by atoms with E-state index in [1.807, 2.05) is 44.2 Å². The molecule has 0 spiro atoms. The highest BCUT2D eigenvalue weighted by Crippen LogP contribution is 2.20. The molecular formula is C21H25FN2O2. The molecule has 2 amide bonds. The summed E-state index contributed by atoms with van der Waals surface area (Å²) in [6, 6.07) is 15.9. The van der Waals surface area contributed by atoms with Crippen LogP contribution in [0.3, 0.4) is 0 Å². The minimum atomic E-state index is -0.472. The standard InChI is InChI=1S/C21H25FN2O2/c1-16(2)24(15-18-9-5-4-6-10-18)21(26)13-14-23(17(3)25)20-12-8-7-11-19(20)22/h4-12,16H,13-15H2,1-3H3. The first-order valence-corrected chi connectivity index (χ1v) is 8.76. The van der Waals surface area contributed by atoms with Crippen LogP contribution in [-0.2, 0) is 16.1 Å². The van der Waals surface area contributed by atoms with Gasteiger partial charge in [-0.15, -0.1) is 0 Å². The van der Waals surface area contributed by atoms with Crippen LogP contribution >= 0.6 is 0 Å². The molecule has 0 unspecified atom stereocenters. The number of benzene rings is 2. The molecule has 0 aliphatic heterocycles. The molecule has 2 aromatic rings. The van der Waals surface area contributed by atoms with Crippen LogP contribution < -0.4 is 4.90 Å². The molecule has 0 atom stereocenters. The second-order valence-corrected chi connectivity index (χ2v) is 6.47. The first-order chi connectivity index (χ1) is 12.4. The molecule has 138 valence electrons. The van der Waals surface area contributed by atoms with Gasteiger partial charge in [0, 0.05) is 32.5 Å². The number of rotatable bonds is 7. The van der Waals surface area contributed by atoms with Gasteiger partial charge in [-0.05, 0) is 31.5 Å². The molecule has 2 aromatic carbocycles. The summed E-state index contributed by atoms with van der Waals surface area (Å²) in [4.78, 5) is 27.8. The Labute approximate surface area is 154 Å². The van der Waals surface area contributed by atoms with Gasteiger partial charge in [-0.3, -0.25) is 9.59 Å². The van der Waals surface area contributed by atoms with Crippen LogP contribution in [0.15, 0.2) is 54.6 Å². The van der Waals surface area contributed by atoms with Gasteiger partial charge in [-0.1, -0.05) is 42.5 Å². The molecule has 26 heavy (non-hydrogen) atoms. The highest BCUT2D eigenvalue weighted by Gasteiger charge is 2.21. The lowest BCUT2D eigenvalue weighted by Crippen LogP contribution is -2.39. The number of hydrogen-bond acceptors (Lipinski definition) is 2. The molecule has 5 heteroatoms. The molecule has 2 rings (SSSR count). The molecule has 0 aromatic heterocycles. The number of hydrogen-bond donors (Lipinski definition) is 0. The molecular weight excluding hydrogens is 331 g/mol. The molecule has 0 heterocycles. The molecule has 0 aliphatic carbocycles. The fraction of sp³-hybridized carbons (Fsp3) is 0.333. The van der Waals surface area contributed by atoms with E-state index in [-0.39, 0.29) is 36.5 Å². The zero-order valence-electron chi connectivity index (χ0n) is 15.5. The Kier molecular flexibility index (Phi) is 6.89. The Balaban J connectivity index is 2.08. The molecule has 0 fully saturated rings. The minimum absolute atomic E-state index is 0.0296. The van der Waals surface area contributed by atoms with Crippen molar-refractivity contribution in [2.45, 2.75) is 39.8 Å². The van der Waals surface area contributed by atoms with E-state index in [0.29, 0.717) is 6.54 Å². The van der Waals surface area contributed by atoms with E-state index < -0.39 is 5.82 Å². The van der Waals surface area contributed by atoms with Gasteiger partial charge in [0.15, 0.2) is 0 Å². The summed E-state index contributed by atoms with van der Waals surface area (Å²) in [7, 11) is 0. The largest absolute Gasteiger partial charge is 0.336 e. The molecule has 4 nitrogen and oxygen atoms in total. The van der Waals surface area contributed by atoms with Crippen molar-refractivity contribution in [3.8, 4) is 0 Å². The van der Waals surface area contributed by atoms with Crippen molar-refractivity contribution in [2.24, 2.45) is 0 Å². The van der Waals surface area contributed by atoms with E-state index in [4.69, 9.17) is 0 Å². The summed E-state index contributed by atoms with van der Waals surface area (Å²) in [6.45, 7) is 5.95. The predicted molar refractivity (Wildman–Crippen MR) is 101 cm³/mol. The van der Waals surface area contributed by atoms with Crippen LogP contribution in [0.4, 0.5) is 10.1 Å². The minimum Gasteiger partial charge on any atom is -0.336 e. The third-order valence-corrected chi connectivity index (χ3v) is 4.21. The van der Waals surface area contributed by atoms with Crippen LogP contribution in [0.2, 0.25) is 0 Å². The van der Waals surface area contributed by atoms with Crippen molar-refractivity contribution in [1.82, 2.24) is 4.90 Å². The molecule has 0 aliphatic rings. The fourth-order valence-corrected chi connectivity index (χ4v) is 2.81. The van der Waals surface area contributed by atoms with Crippen LogP contribution in [0.5, 0.6) is 0 Å². The number of anilines is 1. The Hall–Kier alpha value is -2.69. The normalized spacial score (nSPS) is 10.7. The SMILES string of the molecule is CC(=O)N(CCC(=O)N(Cc1ccccc1)C(C)C)c1ccccc1F. The highest BCUT2D eigenvalue weighted by atomic mass is 19.1. The summed E-state index contributed by atoms with van der Waals surface area (Å²) in [6.07, 6.45) is 0.138. The van der Waals surface area contributed by atoms with Crippen LogP contribution in [0.25, 0.3) is 0 Å². The van der Waals surface area contributed by atoms with E-state index in [9.17, 15) is 14.0 Å². The molecule has 0 bridgehead atoms. The Morgan fingerprint density at radius 2 is 1.62 bits per heavy atom. The van der Waals surface area contributed by atoms with E-state index >= 15 is 0 Å². The topological polar surface area (TPSA) is 40.6 Å². The average Bonchev–Trinajstić information content (AvgIpc) is 2.61. The van der Waals surface area contributed by atoms with Gasteiger partial charge >= 0.3 is 0 Å². The maximum Gasteiger partial charge on any atom is 0.224 e. The third-order valence-electron chi connectivity index (χ3n) is 4.21. The lowest BCUT2D eigenvalue weighted by molar-refractivity contribution is -0.133. The van der Waals surface area contributed by atoms with Crippen LogP contribution in [-0.4, -0.2) is 29.3 Å². The van der Waals surface area contributed by atoms with Crippen LogP contribution in [0, 0.1) is 5.82 Å². The van der Waals surface area contributed by atoms with E-state index in [2.05, 4.69) is 0 Å². The maximum atomic E-state index is 14.0. The summed E-state index contributed by atoms with van der Waals surface area (Å²) in [5, 5.41) is 0. The quantitative estimate of drug-likeness (QED) is 0.752. The van der Waals surface area contributed by atoms with Gasteiger partial charge in [0.25, 0.3) is 0 Å². The van der Waals surface area contributed by atoms with E-state index in [1.165, 1.54) is 17.9 Å². The van der Waals surface area contributed by atoms with Gasteiger partial charge in [0.2, 0.25) is 11.8 Å². The lowest BCUT2D eigenvalue weighted by Gasteiger charge is -2.28. The average molecular weight is 356 g/mol. The lowest BCUT2D eigenvalue weighted by atomic mass is 10.1. The third kappa shape index (κ3) is 5.15. The van der Waals surface area contributed by atoms with E-state index in [1.54, 1.807) is 23.1 Å². The Bertz CT molecular complexity index is 747. The van der Waals surface area contributed by atoms with Gasteiger partial charge in [-0.25, -0.2) is 4.39 Å². The number of halogens is 1. The second kappa shape index (κ2) is 9.13. The Morgan fingerprint density at radius 1 is 1.00 bits per heavy atom. The fourth-order valence-electron chi connectivity index (χ4n) is 2.81. The smallest absolute Gasteiger partial charge is 0.224 e. The van der Waals surface area contributed by atoms with Gasteiger partial charge in [-0.2, -0.15) is 0 Å². The van der Waals surface area contributed by atoms with Crippen molar-refractivity contribution in [3.05, 3.63) is 66.0 Å². The highest BCUT2D eigenvalue weighted by molar-refractivity contribution is 5.92. The zero-order chi connectivity index (χ0) is 19.1. The first kappa shape index (κ1) is 19.6. The van der Waals surface area contributed by atoms with Crippen molar-refractivity contribution >= 4 is 17.5 Å². The molecule has 0 saturated heterocycles. The van der Waals surface area contributed by atoms with Crippen molar-refractivity contribution in [2.75, 3.05) is 11.4 Å². The molecule has 0 N–H and O–H groups in total. The molecule has 0 radical (unpaired) electrons. The number of carbonyl (C=O) groups is 2. The second-order valence-electron chi connectivity index (χ2n) is 6.47. The number of amides is 2. The molecule has 0 saturated carbocycles. The first-order valence-electron chi connectivity index (χ1n) is 8.76. The number of carbonyl (C=O) groups excluding carboxylic acids is 2. The summed E-state index contributed by atoms with van der Waals surface area (Å²) in [5.41, 5.74) is 1.25. The van der Waals surface area contributed by atoms with Gasteiger partial charge < -0.3 is 9.80 Å². The summed E-state index contributed by atoms with van der Waals surface area (Å²) in [5.74, 6) is -0.825. The van der Waals surface area contributed by atoms with Gasteiger partial charge in [0.05, 0.1) is 5.69 Å². The van der Waals surface area contributed by atoms with Crippen molar-refractivity contribution in [3.63, 3.8) is 0 Å². The van der Waals surface area contributed by atoms with Crippen molar-refractivity contribution in [1.29, 1.82) is 0 Å². The van der Waals surface area contributed by atoms with Crippen LogP contribution in [0.1, 0.15) is 32.8 Å². The monoisotopic (exact) mass is 356 g/mol. The predicted octanol–water partition coefficient (Wildman–Crippen LogP) is 4.01. The maximum absolute atomic E-state index is 14.0. The van der Waals surface area contributed by atoms with Gasteiger partial charge in [0.1, 0.15) is 5.82 Å². The van der Waals surface area contributed by atoms with E-state index in [0.717, 1.165) is 5.56 Å².